The van der Waals surface area contributed by atoms with Gasteiger partial charge in [0.2, 0.25) is 0 Å². The van der Waals surface area contributed by atoms with Crippen LogP contribution in [0.25, 0.3) is 0 Å². The van der Waals surface area contributed by atoms with E-state index in [9.17, 15) is 5.26 Å². The minimum atomic E-state index is -1.82. The second-order valence-corrected chi connectivity index (χ2v) is 7.82. The number of nitrogens with zero attached hydrogens (tertiary/aromatic N) is 2. The van der Waals surface area contributed by atoms with Gasteiger partial charge in [-0.05, 0) is 56.7 Å². The SMILES string of the molecule is CN(C)CCC1(C#N)Cc2ccccc2Sc2ccccc21.O=C(O)C(=O)O. The summed E-state index contributed by atoms with van der Waals surface area (Å²) in [4.78, 5) is 22.8. The molecule has 0 radical (unpaired) electrons. The fourth-order valence-electron chi connectivity index (χ4n) is 3.03. The van der Waals surface area contributed by atoms with Gasteiger partial charge in [0.25, 0.3) is 0 Å². The van der Waals surface area contributed by atoms with Gasteiger partial charge in [-0.1, -0.05) is 48.2 Å². The van der Waals surface area contributed by atoms with E-state index in [4.69, 9.17) is 19.8 Å². The van der Waals surface area contributed by atoms with Crippen LogP contribution >= 0.6 is 11.8 Å². The molecule has 7 heteroatoms. The number of carboxylic acids is 2. The third-order valence-corrected chi connectivity index (χ3v) is 5.66. The van der Waals surface area contributed by atoms with Crippen molar-refractivity contribution in [2.75, 3.05) is 20.6 Å². The highest BCUT2D eigenvalue weighted by molar-refractivity contribution is 7.99. The first kappa shape index (κ1) is 21.5. The number of nitriles is 1. The van der Waals surface area contributed by atoms with Gasteiger partial charge >= 0.3 is 11.9 Å². The van der Waals surface area contributed by atoms with Gasteiger partial charge in [-0.15, -0.1) is 0 Å². The third-order valence-electron chi connectivity index (χ3n) is 4.47. The Morgan fingerprint density at radius 3 is 2.21 bits per heavy atom. The predicted octanol–water partition coefficient (Wildman–Crippen LogP) is 3.26. The van der Waals surface area contributed by atoms with Crippen molar-refractivity contribution in [3.8, 4) is 6.07 Å². The van der Waals surface area contributed by atoms with Gasteiger partial charge in [0.05, 0.1) is 11.5 Å². The van der Waals surface area contributed by atoms with Gasteiger partial charge in [-0.2, -0.15) is 5.26 Å². The van der Waals surface area contributed by atoms with Crippen LogP contribution in [0.1, 0.15) is 17.5 Å². The van der Waals surface area contributed by atoms with Crippen LogP contribution in [-0.4, -0.2) is 47.7 Å². The number of rotatable bonds is 3. The van der Waals surface area contributed by atoms with Crippen molar-refractivity contribution in [3.05, 3.63) is 59.7 Å². The summed E-state index contributed by atoms with van der Waals surface area (Å²) in [6.07, 6.45) is 1.64. The van der Waals surface area contributed by atoms with E-state index < -0.39 is 17.4 Å². The van der Waals surface area contributed by atoms with Crippen LogP contribution in [0.3, 0.4) is 0 Å². The van der Waals surface area contributed by atoms with Crippen molar-refractivity contribution in [1.82, 2.24) is 4.90 Å². The standard InChI is InChI=1S/C19H20N2S.C2H2O4/c1-21(2)12-11-19(14-20)13-15-7-3-5-9-17(15)22-18-10-6-4-8-16(18)19;3-1(4)2(5)6/h3-10H,11-13H2,1-2H3;(H,3,4)(H,5,6). The molecule has 1 unspecified atom stereocenters. The minimum absolute atomic E-state index is 0.444. The molecule has 0 spiro atoms. The Kier molecular flexibility index (Phi) is 7.21. The molecule has 2 aromatic carbocycles. The van der Waals surface area contributed by atoms with E-state index in [0.29, 0.717) is 0 Å². The molecule has 1 aliphatic rings. The zero-order valence-electron chi connectivity index (χ0n) is 15.8. The lowest BCUT2D eigenvalue weighted by Crippen LogP contribution is -2.31. The molecular formula is C21H22N2O4S. The summed E-state index contributed by atoms with van der Waals surface area (Å²) in [5, 5.41) is 24.9. The fourth-order valence-corrected chi connectivity index (χ4v) is 4.21. The molecule has 2 aromatic rings. The monoisotopic (exact) mass is 398 g/mol. The molecule has 0 amide bonds. The molecule has 0 fully saturated rings. The van der Waals surface area contributed by atoms with Crippen molar-refractivity contribution >= 4 is 23.7 Å². The second-order valence-electron chi connectivity index (χ2n) is 6.74. The van der Waals surface area contributed by atoms with E-state index in [-0.39, 0.29) is 0 Å². The van der Waals surface area contributed by atoms with Crippen molar-refractivity contribution in [1.29, 1.82) is 5.26 Å². The highest BCUT2D eigenvalue weighted by Crippen LogP contribution is 2.45. The van der Waals surface area contributed by atoms with Crippen LogP contribution in [0.4, 0.5) is 0 Å². The molecule has 0 saturated heterocycles. The number of aliphatic carboxylic acids is 2. The summed E-state index contributed by atoms with van der Waals surface area (Å²) in [5.74, 6) is -3.65. The Labute approximate surface area is 168 Å². The van der Waals surface area contributed by atoms with Crippen LogP contribution < -0.4 is 0 Å². The summed E-state index contributed by atoms with van der Waals surface area (Å²) >= 11 is 1.79. The lowest BCUT2D eigenvalue weighted by molar-refractivity contribution is -0.159. The normalized spacial score (nSPS) is 17.2. The van der Waals surface area contributed by atoms with Gasteiger partial charge in [0.15, 0.2) is 0 Å². The maximum atomic E-state index is 10.1. The lowest BCUT2D eigenvalue weighted by Gasteiger charge is -2.28. The van der Waals surface area contributed by atoms with Crippen molar-refractivity contribution in [3.63, 3.8) is 0 Å². The molecule has 3 rings (SSSR count). The predicted molar refractivity (Wildman–Crippen MR) is 106 cm³/mol. The quantitative estimate of drug-likeness (QED) is 0.765. The molecule has 146 valence electrons. The first-order chi connectivity index (χ1) is 13.3. The zero-order valence-corrected chi connectivity index (χ0v) is 16.6. The molecule has 0 aliphatic carbocycles. The Morgan fingerprint density at radius 2 is 1.64 bits per heavy atom. The minimum Gasteiger partial charge on any atom is -0.473 e. The number of carbonyl (C=O) groups is 2. The molecule has 0 aromatic heterocycles. The van der Waals surface area contributed by atoms with Gasteiger partial charge in [-0.3, -0.25) is 0 Å². The van der Waals surface area contributed by atoms with E-state index in [1.807, 2.05) is 0 Å². The maximum Gasteiger partial charge on any atom is 0.414 e. The van der Waals surface area contributed by atoms with Crippen molar-refractivity contribution < 1.29 is 19.8 Å². The van der Waals surface area contributed by atoms with Crippen LogP contribution in [0.15, 0.2) is 58.3 Å². The summed E-state index contributed by atoms with van der Waals surface area (Å²) in [7, 11) is 4.13. The van der Waals surface area contributed by atoms with Gasteiger partial charge in [0.1, 0.15) is 0 Å². The highest BCUT2D eigenvalue weighted by atomic mass is 32.2. The van der Waals surface area contributed by atoms with Crippen LogP contribution in [0, 0.1) is 11.3 Å². The second kappa shape index (κ2) is 9.40. The summed E-state index contributed by atoms with van der Waals surface area (Å²) in [6, 6.07) is 19.5. The maximum absolute atomic E-state index is 10.1. The number of fused-ring (bicyclic) bond motifs is 2. The molecule has 6 nitrogen and oxygen atoms in total. The average Bonchev–Trinajstić information content (AvgIpc) is 2.81. The molecule has 0 bridgehead atoms. The Bertz CT molecular complexity index is 895. The Morgan fingerprint density at radius 1 is 1.07 bits per heavy atom. The van der Waals surface area contributed by atoms with E-state index in [0.717, 1.165) is 19.4 Å². The van der Waals surface area contributed by atoms with Crippen molar-refractivity contribution in [2.45, 2.75) is 28.0 Å². The van der Waals surface area contributed by atoms with E-state index in [2.05, 4.69) is 73.6 Å². The molecule has 1 atom stereocenters. The first-order valence-corrected chi connectivity index (χ1v) is 9.48. The largest absolute Gasteiger partial charge is 0.473 e. The molecule has 28 heavy (non-hydrogen) atoms. The number of hydrogen-bond acceptors (Lipinski definition) is 5. The molecule has 2 N–H and O–H groups in total. The molecule has 1 aliphatic heterocycles. The van der Waals surface area contributed by atoms with E-state index in [1.54, 1.807) is 11.8 Å². The lowest BCUT2D eigenvalue weighted by atomic mass is 9.74. The number of hydrogen-bond donors (Lipinski definition) is 2. The van der Waals surface area contributed by atoms with Crippen LogP contribution in [0.2, 0.25) is 0 Å². The average molecular weight is 398 g/mol. The molecular weight excluding hydrogens is 376 g/mol. The number of carboxylic acid groups (broad SMARTS) is 2. The van der Waals surface area contributed by atoms with Crippen LogP contribution in [0.5, 0.6) is 0 Å². The first-order valence-electron chi connectivity index (χ1n) is 8.66. The van der Waals surface area contributed by atoms with E-state index in [1.165, 1.54) is 20.9 Å². The van der Waals surface area contributed by atoms with E-state index >= 15 is 0 Å². The molecule has 1 heterocycles. The Balaban J connectivity index is 0.000000409. The summed E-state index contributed by atoms with van der Waals surface area (Å²) < 4.78 is 0. The van der Waals surface area contributed by atoms with Gasteiger partial charge in [-0.25, -0.2) is 9.59 Å². The highest BCUT2D eigenvalue weighted by Gasteiger charge is 2.37. The number of benzene rings is 2. The van der Waals surface area contributed by atoms with Crippen molar-refractivity contribution in [2.24, 2.45) is 0 Å². The molecule has 0 saturated carbocycles. The third kappa shape index (κ3) is 5.12. The smallest absolute Gasteiger partial charge is 0.414 e. The van der Waals surface area contributed by atoms with Gasteiger partial charge in [0, 0.05) is 9.79 Å². The zero-order chi connectivity index (χ0) is 20.7. The summed E-state index contributed by atoms with van der Waals surface area (Å²) in [5.41, 5.74) is 2.02. The summed E-state index contributed by atoms with van der Waals surface area (Å²) in [6.45, 7) is 0.911. The fraction of sp³-hybridized carbons (Fsp3) is 0.286. The topological polar surface area (TPSA) is 102 Å². The van der Waals surface area contributed by atoms with Crippen LogP contribution in [-0.2, 0) is 21.4 Å². The Hall–Kier alpha value is -2.82. The van der Waals surface area contributed by atoms with Gasteiger partial charge < -0.3 is 15.1 Å².